The molecule has 166 valence electrons. The Hall–Kier alpha value is -3.36. The molecule has 3 rings (SSSR count). The van der Waals surface area contributed by atoms with Gasteiger partial charge >= 0.3 is 5.97 Å². The molecule has 0 atom stereocenters. The van der Waals surface area contributed by atoms with Crippen LogP contribution in [0.15, 0.2) is 48.5 Å². The van der Waals surface area contributed by atoms with Gasteiger partial charge in [-0.25, -0.2) is 4.79 Å². The van der Waals surface area contributed by atoms with Crippen LogP contribution in [0.25, 0.3) is 0 Å². The summed E-state index contributed by atoms with van der Waals surface area (Å²) in [5.74, 6) is -0.797. The van der Waals surface area contributed by atoms with E-state index in [0.717, 1.165) is 11.3 Å². The van der Waals surface area contributed by atoms with Crippen molar-refractivity contribution in [2.75, 3.05) is 24.4 Å². The fraction of sp³-hybridized carbons (Fsp3) is 0.174. The summed E-state index contributed by atoms with van der Waals surface area (Å²) >= 11 is 6.88. The highest BCUT2D eigenvalue weighted by molar-refractivity contribution is 7.19. The molecule has 2 amide bonds. The average molecular weight is 473 g/mol. The first-order valence-electron chi connectivity index (χ1n) is 9.66. The van der Waals surface area contributed by atoms with E-state index in [4.69, 9.17) is 21.1 Å². The summed E-state index contributed by atoms with van der Waals surface area (Å²) in [6, 6.07) is 13.2. The van der Waals surface area contributed by atoms with Gasteiger partial charge < -0.3 is 20.1 Å². The van der Waals surface area contributed by atoms with Crippen LogP contribution in [0.5, 0.6) is 5.75 Å². The van der Waals surface area contributed by atoms with E-state index in [1.807, 2.05) is 0 Å². The fourth-order valence-corrected chi connectivity index (χ4v) is 4.12. The normalized spacial score (nSPS) is 10.4. The predicted molar refractivity (Wildman–Crippen MR) is 125 cm³/mol. The van der Waals surface area contributed by atoms with Crippen molar-refractivity contribution in [3.8, 4) is 5.75 Å². The zero-order valence-corrected chi connectivity index (χ0v) is 19.2. The number of amides is 2. The highest BCUT2D eigenvalue weighted by Crippen LogP contribution is 2.35. The Labute approximate surface area is 194 Å². The molecular formula is C23H21ClN2O5S. The first kappa shape index (κ1) is 23.3. The Morgan fingerprint density at radius 1 is 0.969 bits per heavy atom. The zero-order valence-electron chi connectivity index (χ0n) is 17.7. The van der Waals surface area contributed by atoms with Crippen molar-refractivity contribution in [3.63, 3.8) is 0 Å². The predicted octanol–water partition coefficient (Wildman–Crippen LogP) is 5.40. The monoisotopic (exact) mass is 472 g/mol. The van der Waals surface area contributed by atoms with Crippen molar-refractivity contribution < 1.29 is 23.9 Å². The summed E-state index contributed by atoms with van der Waals surface area (Å²) in [5.41, 5.74) is 1.50. The number of hydrogen-bond acceptors (Lipinski definition) is 6. The molecule has 0 aliphatic heterocycles. The molecule has 0 fully saturated rings. The van der Waals surface area contributed by atoms with E-state index in [9.17, 15) is 14.4 Å². The van der Waals surface area contributed by atoms with Crippen LogP contribution in [0.1, 0.15) is 42.9 Å². The fourth-order valence-electron chi connectivity index (χ4n) is 2.91. The van der Waals surface area contributed by atoms with Crippen LogP contribution in [0.3, 0.4) is 0 Å². The zero-order chi connectivity index (χ0) is 23.3. The quantitative estimate of drug-likeness (QED) is 0.449. The smallest absolute Gasteiger partial charge is 0.341 e. The summed E-state index contributed by atoms with van der Waals surface area (Å²) in [7, 11) is 1.55. The van der Waals surface area contributed by atoms with E-state index < -0.39 is 17.8 Å². The molecule has 0 aliphatic carbocycles. The first-order valence-corrected chi connectivity index (χ1v) is 10.9. The maximum atomic E-state index is 12.9. The minimum absolute atomic E-state index is 0.152. The maximum Gasteiger partial charge on any atom is 0.341 e. The summed E-state index contributed by atoms with van der Waals surface area (Å²) < 4.78 is 10.3. The van der Waals surface area contributed by atoms with Gasteiger partial charge in [0.15, 0.2) is 0 Å². The van der Waals surface area contributed by atoms with Crippen molar-refractivity contribution in [2.45, 2.75) is 13.8 Å². The average Bonchev–Trinajstić information content (AvgIpc) is 3.10. The maximum absolute atomic E-state index is 12.9. The van der Waals surface area contributed by atoms with Gasteiger partial charge in [0.2, 0.25) is 0 Å². The molecular weight excluding hydrogens is 452 g/mol. The SMILES string of the molecule is CCOC(=O)c1c(NC(=O)c2ccc(Cl)cc2)sc(C(=O)Nc2ccc(OC)cc2)c1C. The van der Waals surface area contributed by atoms with Gasteiger partial charge in [0.1, 0.15) is 10.8 Å². The van der Waals surface area contributed by atoms with Crippen LogP contribution in [-0.4, -0.2) is 31.5 Å². The van der Waals surface area contributed by atoms with Crippen LogP contribution < -0.4 is 15.4 Å². The molecule has 1 heterocycles. The Morgan fingerprint density at radius 3 is 2.22 bits per heavy atom. The number of rotatable bonds is 7. The molecule has 2 N–H and O–H groups in total. The molecule has 0 bridgehead atoms. The van der Waals surface area contributed by atoms with Gasteiger partial charge in [0, 0.05) is 16.3 Å². The van der Waals surface area contributed by atoms with E-state index in [-0.39, 0.29) is 22.0 Å². The van der Waals surface area contributed by atoms with Gasteiger partial charge in [-0.05, 0) is 67.9 Å². The standard InChI is InChI=1S/C23H21ClN2O5S/c1-4-31-23(29)18-13(2)19(21(28)25-16-9-11-17(30-3)12-10-16)32-22(18)26-20(27)14-5-7-15(24)8-6-14/h5-12H,4H2,1-3H3,(H,25,28)(H,26,27). The van der Waals surface area contributed by atoms with Crippen molar-refractivity contribution in [3.05, 3.63) is 75.1 Å². The number of anilines is 2. The number of hydrogen-bond donors (Lipinski definition) is 2. The van der Waals surface area contributed by atoms with Crippen molar-refractivity contribution in [2.24, 2.45) is 0 Å². The Bertz CT molecular complexity index is 1140. The van der Waals surface area contributed by atoms with Crippen LogP contribution in [-0.2, 0) is 4.74 Å². The summed E-state index contributed by atoms with van der Waals surface area (Å²) in [5, 5.41) is 6.24. The van der Waals surface area contributed by atoms with Crippen molar-refractivity contribution >= 4 is 51.4 Å². The summed E-state index contributed by atoms with van der Waals surface area (Å²) in [6.07, 6.45) is 0. The van der Waals surface area contributed by atoms with Crippen molar-refractivity contribution in [1.29, 1.82) is 0 Å². The molecule has 0 saturated carbocycles. The van der Waals surface area contributed by atoms with E-state index in [1.54, 1.807) is 69.5 Å². The van der Waals surface area contributed by atoms with Crippen LogP contribution in [0.4, 0.5) is 10.7 Å². The molecule has 0 saturated heterocycles. The van der Waals surface area contributed by atoms with Crippen molar-refractivity contribution in [1.82, 2.24) is 0 Å². The number of carbonyl (C=O) groups excluding carboxylic acids is 3. The molecule has 3 aromatic rings. The minimum atomic E-state index is -0.615. The second kappa shape index (κ2) is 10.3. The number of carbonyl (C=O) groups is 3. The highest BCUT2D eigenvalue weighted by Gasteiger charge is 2.27. The van der Waals surface area contributed by atoms with E-state index >= 15 is 0 Å². The van der Waals surface area contributed by atoms with Gasteiger partial charge in [0.25, 0.3) is 11.8 Å². The number of methoxy groups -OCH3 is 1. The number of thiophene rings is 1. The molecule has 2 aromatic carbocycles. The second-order valence-corrected chi connectivity index (χ2v) is 8.08. The molecule has 1 aromatic heterocycles. The van der Waals surface area contributed by atoms with Gasteiger partial charge in [0.05, 0.1) is 24.2 Å². The third-order valence-electron chi connectivity index (χ3n) is 4.51. The lowest BCUT2D eigenvalue weighted by atomic mass is 10.1. The molecule has 7 nitrogen and oxygen atoms in total. The van der Waals surface area contributed by atoms with Crippen LogP contribution in [0, 0.1) is 6.92 Å². The number of halogens is 1. The molecule has 0 aliphatic rings. The third-order valence-corrected chi connectivity index (χ3v) is 5.97. The number of esters is 1. The van der Waals surface area contributed by atoms with Gasteiger partial charge in [-0.3, -0.25) is 9.59 Å². The number of ether oxygens (including phenoxy) is 2. The second-order valence-electron chi connectivity index (χ2n) is 6.62. The Morgan fingerprint density at radius 2 is 1.62 bits per heavy atom. The molecule has 0 radical (unpaired) electrons. The van der Waals surface area contributed by atoms with Gasteiger partial charge in [-0.15, -0.1) is 11.3 Å². The lowest BCUT2D eigenvalue weighted by molar-refractivity contribution is 0.0527. The lowest BCUT2D eigenvalue weighted by Gasteiger charge is -2.07. The lowest BCUT2D eigenvalue weighted by Crippen LogP contribution is -2.15. The van der Waals surface area contributed by atoms with Gasteiger partial charge in [-0.2, -0.15) is 0 Å². The topological polar surface area (TPSA) is 93.7 Å². The summed E-state index contributed by atoms with van der Waals surface area (Å²) in [4.78, 5) is 38.5. The van der Waals surface area contributed by atoms with Crippen LogP contribution in [0.2, 0.25) is 5.02 Å². The van der Waals surface area contributed by atoms with Gasteiger partial charge in [-0.1, -0.05) is 11.6 Å². The molecule has 0 unspecified atom stereocenters. The largest absolute Gasteiger partial charge is 0.497 e. The Balaban J connectivity index is 1.91. The highest BCUT2D eigenvalue weighted by atomic mass is 35.5. The third kappa shape index (κ3) is 5.27. The summed E-state index contributed by atoms with van der Waals surface area (Å²) in [6.45, 7) is 3.48. The van der Waals surface area contributed by atoms with E-state index in [2.05, 4.69) is 10.6 Å². The Kier molecular flexibility index (Phi) is 7.50. The van der Waals surface area contributed by atoms with E-state index in [0.29, 0.717) is 27.6 Å². The van der Waals surface area contributed by atoms with E-state index in [1.165, 1.54) is 0 Å². The molecule has 9 heteroatoms. The first-order chi connectivity index (χ1) is 15.3. The molecule has 32 heavy (non-hydrogen) atoms. The molecule has 0 spiro atoms. The number of benzene rings is 2. The van der Waals surface area contributed by atoms with Crippen LogP contribution >= 0.6 is 22.9 Å². The minimum Gasteiger partial charge on any atom is -0.497 e. The number of nitrogens with one attached hydrogen (secondary N) is 2.